The summed E-state index contributed by atoms with van der Waals surface area (Å²) in [5.74, 6) is -0.205. The first-order valence-corrected chi connectivity index (χ1v) is 17.3. The van der Waals surface area contributed by atoms with Gasteiger partial charge in [-0.3, -0.25) is 4.79 Å². The van der Waals surface area contributed by atoms with Gasteiger partial charge in [0.2, 0.25) is 0 Å². The van der Waals surface area contributed by atoms with E-state index in [0.29, 0.717) is 19.6 Å². The summed E-state index contributed by atoms with van der Waals surface area (Å²) in [6.07, 6.45) is 36.9. The van der Waals surface area contributed by atoms with Crippen molar-refractivity contribution in [3.8, 4) is 0 Å². The standard InChI is InChI=1S/C35H68O4/c1-3-5-7-9-11-12-13-14-15-16-17-18-19-20-21-22-23-24-25-26-28-30-35(37)39-34(32-36)33-38-31-29-27-10-8-6-4-2/h16-17,34,36H,3-15,18-33H2,1-2H3/b17-16-. The minimum absolute atomic E-state index is 0.169. The summed E-state index contributed by atoms with van der Waals surface area (Å²) in [6.45, 7) is 5.31. The Bertz CT molecular complexity index is 505. The van der Waals surface area contributed by atoms with Gasteiger partial charge in [0.25, 0.3) is 0 Å². The van der Waals surface area contributed by atoms with E-state index in [-0.39, 0.29) is 12.6 Å². The Labute approximate surface area is 244 Å². The number of rotatable bonds is 32. The Morgan fingerprint density at radius 2 is 1.00 bits per heavy atom. The van der Waals surface area contributed by atoms with Crippen LogP contribution in [0, 0.1) is 0 Å². The molecule has 4 nitrogen and oxygen atoms in total. The maximum atomic E-state index is 12.1. The molecule has 0 saturated heterocycles. The molecule has 0 bridgehead atoms. The number of carbonyl (C=O) groups excluding carboxylic acids is 1. The Morgan fingerprint density at radius 1 is 0.590 bits per heavy atom. The van der Waals surface area contributed by atoms with Crippen LogP contribution in [0.1, 0.15) is 181 Å². The number of carbonyl (C=O) groups is 1. The van der Waals surface area contributed by atoms with Crippen molar-refractivity contribution in [2.45, 2.75) is 187 Å². The second-order valence-electron chi connectivity index (χ2n) is 11.6. The minimum Gasteiger partial charge on any atom is -0.457 e. The highest BCUT2D eigenvalue weighted by atomic mass is 16.6. The van der Waals surface area contributed by atoms with E-state index in [9.17, 15) is 9.90 Å². The topological polar surface area (TPSA) is 55.8 Å². The summed E-state index contributed by atoms with van der Waals surface area (Å²) in [6, 6.07) is 0. The molecule has 0 aliphatic carbocycles. The zero-order chi connectivity index (χ0) is 28.5. The van der Waals surface area contributed by atoms with Crippen LogP contribution in [0.15, 0.2) is 12.2 Å². The van der Waals surface area contributed by atoms with Gasteiger partial charge >= 0.3 is 5.97 Å². The fraction of sp³-hybridized carbons (Fsp3) is 0.914. The number of hydrogen-bond donors (Lipinski definition) is 1. The van der Waals surface area contributed by atoms with Crippen molar-refractivity contribution in [2.24, 2.45) is 0 Å². The third-order valence-electron chi connectivity index (χ3n) is 7.59. The molecule has 0 aromatic rings. The highest BCUT2D eigenvalue weighted by Gasteiger charge is 2.13. The predicted octanol–water partition coefficient (Wildman–Crippen LogP) is 10.6. The van der Waals surface area contributed by atoms with Crippen LogP contribution in [0.25, 0.3) is 0 Å². The number of aliphatic hydroxyl groups excluding tert-OH is 1. The van der Waals surface area contributed by atoms with Crippen molar-refractivity contribution >= 4 is 5.97 Å². The Morgan fingerprint density at radius 3 is 1.46 bits per heavy atom. The molecule has 0 spiro atoms. The van der Waals surface area contributed by atoms with Crippen molar-refractivity contribution in [1.29, 1.82) is 0 Å². The molecule has 0 saturated carbocycles. The van der Waals surface area contributed by atoms with Crippen molar-refractivity contribution < 1.29 is 19.4 Å². The van der Waals surface area contributed by atoms with Gasteiger partial charge in [0.1, 0.15) is 6.10 Å². The van der Waals surface area contributed by atoms with Gasteiger partial charge in [-0.15, -0.1) is 0 Å². The van der Waals surface area contributed by atoms with Crippen LogP contribution in [0.4, 0.5) is 0 Å². The number of ether oxygens (including phenoxy) is 2. The summed E-state index contributed by atoms with van der Waals surface area (Å²) >= 11 is 0. The first-order chi connectivity index (χ1) is 19.2. The smallest absolute Gasteiger partial charge is 0.306 e. The average molecular weight is 553 g/mol. The zero-order valence-corrected chi connectivity index (χ0v) is 26.4. The molecule has 0 aliphatic heterocycles. The Balaban J connectivity index is 3.37. The molecule has 232 valence electrons. The van der Waals surface area contributed by atoms with Gasteiger partial charge in [-0.2, -0.15) is 0 Å². The molecular weight excluding hydrogens is 484 g/mol. The van der Waals surface area contributed by atoms with E-state index in [1.165, 1.54) is 141 Å². The summed E-state index contributed by atoms with van der Waals surface area (Å²) in [5, 5.41) is 9.46. The highest BCUT2D eigenvalue weighted by Crippen LogP contribution is 2.13. The normalized spacial score (nSPS) is 12.4. The van der Waals surface area contributed by atoms with E-state index < -0.39 is 6.10 Å². The summed E-state index contributed by atoms with van der Waals surface area (Å²) in [5.41, 5.74) is 0. The van der Waals surface area contributed by atoms with Gasteiger partial charge in [-0.05, 0) is 38.5 Å². The molecule has 0 amide bonds. The Kier molecular flexibility index (Phi) is 32.6. The van der Waals surface area contributed by atoms with Gasteiger partial charge in [0.15, 0.2) is 0 Å². The van der Waals surface area contributed by atoms with E-state index in [1.54, 1.807) is 0 Å². The lowest BCUT2D eigenvalue weighted by Gasteiger charge is -2.15. The minimum atomic E-state index is -0.525. The SMILES string of the molecule is CCCCCCCCCC/C=C\CCCCCCCCCCCC(=O)OC(CO)COCCCCCCCC. The van der Waals surface area contributed by atoms with E-state index in [4.69, 9.17) is 9.47 Å². The molecule has 0 aromatic heterocycles. The van der Waals surface area contributed by atoms with Crippen molar-refractivity contribution in [3.63, 3.8) is 0 Å². The maximum absolute atomic E-state index is 12.1. The van der Waals surface area contributed by atoms with E-state index in [1.807, 2.05) is 0 Å². The van der Waals surface area contributed by atoms with Crippen LogP contribution in [-0.2, 0) is 14.3 Å². The fourth-order valence-corrected chi connectivity index (χ4v) is 4.97. The van der Waals surface area contributed by atoms with Crippen molar-refractivity contribution in [3.05, 3.63) is 12.2 Å². The van der Waals surface area contributed by atoms with Crippen molar-refractivity contribution in [1.82, 2.24) is 0 Å². The molecule has 0 heterocycles. The fourth-order valence-electron chi connectivity index (χ4n) is 4.97. The van der Waals surface area contributed by atoms with Crippen LogP contribution in [-0.4, -0.2) is 37.0 Å². The van der Waals surface area contributed by atoms with Gasteiger partial charge in [0.05, 0.1) is 13.2 Å². The number of unbranched alkanes of at least 4 members (excludes halogenated alkanes) is 22. The summed E-state index contributed by atoms with van der Waals surface area (Å²) < 4.78 is 11.0. The first kappa shape index (κ1) is 38.1. The van der Waals surface area contributed by atoms with Gasteiger partial charge in [-0.25, -0.2) is 0 Å². The number of allylic oxidation sites excluding steroid dienone is 2. The number of esters is 1. The van der Waals surface area contributed by atoms with Crippen LogP contribution >= 0.6 is 0 Å². The third kappa shape index (κ3) is 31.5. The molecule has 39 heavy (non-hydrogen) atoms. The number of hydrogen-bond acceptors (Lipinski definition) is 4. The number of aliphatic hydroxyl groups is 1. The molecule has 0 rings (SSSR count). The van der Waals surface area contributed by atoms with Gasteiger partial charge < -0.3 is 14.6 Å². The summed E-state index contributed by atoms with van der Waals surface area (Å²) in [4.78, 5) is 12.1. The van der Waals surface area contributed by atoms with E-state index >= 15 is 0 Å². The van der Waals surface area contributed by atoms with Crippen LogP contribution in [0.2, 0.25) is 0 Å². The molecule has 0 fully saturated rings. The highest BCUT2D eigenvalue weighted by molar-refractivity contribution is 5.69. The lowest BCUT2D eigenvalue weighted by molar-refractivity contribution is -0.154. The third-order valence-corrected chi connectivity index (χ3v) is 7.59. The van der Waals surface area contributed by atoms with Gasteiger partial charge in [0, 0.05) is 13.0 Å². The Hall–Kier alpha value is -0.870. The van der Waals surface area contributed by atoms with Crippen LogP contribution in [0.3, 0.4) is 0 Å². The summed E-state index contributed by atoms with van der Waals surface area (Å²) in [7, 11) is 0. The van der Waals surface area contributed by atoms with Crippen LogP contribution in [0.5, 0.6) is 0 Å². The molecule has 1 atom stereocenters. The lowest BCUT2D eigenvalue weighted by Crippen LogP contribution is -2.27. The monoisotopic (exact) mass is 553 g/mol. The molecular formula is C35H68O4. The second kappa shape index (κ2) is 33.3. The van der Waals surface area contributed by atoms with E-state index in [0.717, 1.165) is 19.3 Å². The molecule has 0 radical (unpaired) electrons. The second-order valence-corrected chi connectivity index (χ2v) is 11.6. The molecule has 1 unspecified atom stereocenters. The largest absolute Gasteiger partial charge is 0.457 e. The molecule has 0 aliphatic rings. The first-order valence-electron chi connectivity index (χ1n) is 17.3. The lowest BCUT2D eigenvalue weighted by atomic mass is 10.1. The average Bonchev–Trinajstić information content (AvgIpc) is 2.94. The molecule has 1 N–H and O–H groups in total. The predicted molar refractivity (Wildman–Crippen MR) is 168 cm³/mol. The molecule has 4 heteroatoms. The maximum Gasteiger partial charge on any atom is 0.306 e. The van der Waals surface area contributed by atoms with Gasteiger partial charge in [-0.1, -0.05) is 148 Å². The quantitative estimate of drug-likeness (QED) is 0.0512. The zero-order valence-electron chi connectivity index (χ0n) is 26.4. The van der Waals surface area contributed by atoms with Crippen molar-refractivity contribution in [2.75, 3.05) is 19.8 Å². The van der Waals surface area contributed by atoms with Crippen LogP contribution < -0.4 is 0 Å². The molecule has 0 aromatic carbocycles. The van der Waals surface area contributed by atoms with E-state index in [2.05, 4.69) is 26.0 Å².